The summed E-state index contributed by atoms with van der Waals surface area (Å²) in [4.78, 5) is 4.25. The number of nitrogens with zero attached hydrogens (tertiary/aromatic N) is 4. The molecule has 0 spiro atoms. The SMILES string of the molecule is Cn1cc(CC(N)c2ncccc2Br)nn1. The van der Waals surface area contributed by atoms with Crippen LogP contribution in [0.3, 0.4) is 0 Å². The maximum atomic E-state index is 6.07. The van der Waals surface area contributed by atoms with Crippen molar-refractivity contribution in [1.29, 1.82) is 0 Å². The molecule has 2 rings (SSSR count). The molecule has 5 nitrogen and oxygen atoms in total. The Kier molecular flexibility index (Phi) is 3.31. The number of hydrogen-bond donors (Lipinski definition) is 1. The Labute approximate surface area is 102 Å². The van der Waals surface area contributed by atoms with Crippen molar-refractivity contribution in [3.63, 3.8) is 0 Å². The molecule has 16 heavy (non-hydrogen) atoms. The third-order valence-electron chi connectivity index (χ3n) is 2.22. The lowest BCUT2D eigenvalue weighted by atomic mass is 10.1. The molecular formula is C10H12BrN5. The van der Waals surface area contributed by atoms with Crippen molar-refractivity contribution < 1.29 is 0 Å². The van der Waals surface area contributed by atoms with E-state index in [0.717, 1.165) is 15.9 Å². The molecule has 0 bridgehead atoms. The number of aromatic nitrogens is 4. The van der Waals surface area contributed by atoms with Crippen molar-refractivity contribution >= 4 is 15.9 Å². The minimum Gasteiger partial charge on any atom is -0.322 e. The number of aryl methyl sites for hydroxylation is 1. The average Bonchev–Trinajstić information content (AvgIpc) is 2.64. The molecule has 0 saturated heterocycles. The van der Waals surface area contributed by atoms with Crippen molar-refractivity contribution in [2.75, 3.05) is 0 Å². The Morgan fingerprint density at radius 3 is 3.00 bits per heavy atom. The van der Waals surface area contributed by atoms with Gasteiger partial charge in [-0.05, 0) is 28.1 Å². The van der Waals surface area contributed by atoms with Gasteiger partial charge in [0, 0.05) is 30.3 Å². The van der Waals surface area contributed by atoms with Crippen molar-refractivity contribution in [2.45, 2.75) is 12.5 Å². The van der Waals surface area contributed by atoms with Gasteiger partial charge in [-0.15, -0.1) is 5.10 Å². The summed E-state index contributed by atoms with van der Waals surface area (Å²) in [5.41, 5.74) is 7.78. The van der Waals surface area contributed by atoms with Crippen LogP contribution < -0.4 is 5.73 Å². The van der Waals surface area contributed by atoms with Crippen molar-refractivity contribution in [3.05, 3.63) is 40.4 Å². The fourth-order valence-electron chi connectivity index (χ4n) is 1.48. The van der Waals surface area contributed by atoms with Gasteiger partial charge in [-0.3, -0.25) is 9.67 Å². The summed E-state index contributed by atoms with van der Waals surface area (Å²) in [6.45, 7) is 0. The quantitative estimate of drug-likeness (QED) is 0.918. The lowest BCUT2D eigenvalue weighted by molar-refractivity contribution is 0.674. The summed E-state index contributed by atoms with van der Waals surface area (Å²) in [5.74, 6) is 0. The number of rotatable bonds is 3. The van der Waals surface area contributed by atoms with Gasteiger partial charge in [0.2, 0.25) is 0 Å². The Bertz CT molecular complexity index is 482. The van der Waals surface area contributed by atoms with Crippen molar-refractivity contribution in [3.8, 4) is 0 Å². The van der Waals surface area contributed by atoms with Gasteiger partial charge in [0.1, 0.15) is 0 Å². The third kappa shape index (κ3) is 2.45. The first-order valence-electron chi connectivity index (χ1n) is 4.88. The number of pyridine rings is 1. The molecule has 0 amide bonds. The summed E-state index contributed by atoms with van der Waals surface area (Å²) < 4.78 is 2.58. The number of halogens is 1. The van der Waals surface area contributed by atoms with Crippen LogP contribution in [0.15, 0.2) is 29.0 Å². The van der Waals surface area contributed by atoms with Crippen LogP contribution >= 0.6 is 15.9 Å². The summed E-state index contributed by atoms with van der Waals surface area (Å²) in [7, 11) is 1.83. The molecule has 0 aliphatic rings. The fourth-order valence-corrected chi connectivity index (χ4v) is 2.03. The van der Waals surface area contributed by atoms with E-state index < -0.39 is 0 Å². The Morgan fingerprint density at radius 2 is 2.38 bits per heavy atom. The maximum absolute atomic E-state index is 6.07. The van der Waals surface area contributed by atoms with E-state index >= 15 is 0 Å². The maximum Gasteiger partial charge on any atom is 0.0846 e. The van der Waals surface area contributed by atoms with Gasteiger partial charge in [0.05, 0.1) is 17.4 Å². The minimum atomic E-state index is -0.174. The zero-order valence-electron chi connectivity index (χ0n) is 8.84. The fraction of sp³-hybridized carbons (Fsp3) is 0.300. The molecule has 0 radical (unpaired) electrons. The first kappa shape index (κ1) is 11.2. The van der Waals surface area contributed by atoms with E-state index in [4.69, 9.17) is 5.73 Å². The van der Waals surface area contributed by atoms with Gasteiger partial charge in [-0.2, -0.15) is 0 Å². The predicted molar refractivity (Wildman–Crippen MR) is 63.6 cm³/mol. The van der Waals surface area contributed by atoms with Gasteiger partial charge < -0.3 is 5.73 Å². The smallest absolute Gasteiger partial charge is 0.0846 e. The van der Waals surface area contributed by atoms with Crippen LogP contribution in [0.2, 0.25) is 0 Å². The molecule has 2 aromatic heterocycles. The monoisotopic (exact) mass is 281 g/mol. The van der Waals surface area contributed by atoms with Crippen LogP contribution in [-0.4, -0.2) is 20.0 Å². The highest BCUT2D eigenvalue weighted by Gasteiger charge is 2.13. The Morgan fingerprint density at radius 1 is 1.56 bits per heavy atom. The van der Waals surface area contributed by atoms with Gasteiger partial charge in [-0.1, -0.05) is 5.21 Å². The highest BCUT2D eigenvalue weighted by Crippen LogP contribution is 2.21. The summed E-state index contributed by atoms with van der Waals surface area (Å²) >= 11 is 3.43. The molecule has 1 unspecified atom stereocenters. The van der Waals surface area contributed by atoms with E-state index in [2.05, 4.69) is 31.2 Å². The highest BCUT2D eigenvalue weighted by molar-refractivity contribution is 9.10. The predicted octanol–water partition coefficient (Wildman–Crippen LogP) is 1.22. The van der Waals surface area contributed by atoms with Crippen LogP contribution in [0, 0.1) is 0 Å². The lowest BCUT2D eigenvalue weighted by Crippen LogP contribution is -2.15. The van der Waals surface area contributed by atoms with Gasteiger partial charge in [-0.25, -0.2) is 0 Å². The molecule has 0 aromatic carbocycles. The second-order valence-corrected chi connectivity index (χ2v) is 4.42. The molecule has 2 heterocycles. The van der Waals surface area contributed by atoms with Crippen LogP contribution in [0.1, 0.15) is 17.4 Å². The largest absolute Gasteiger partial charge is 0.322 e. The molecule has 0 fully saturated rings. The topological polar surface area (TPSA) is 69.6 Å². The van der Waals surface area contributed by atoms with Gasteiger partial charge >= 0.3 is 0 Å². The van der Waals surface area contributed by atoms with E-state index in [0.29, 0.717) is 6.42 Å². The third-order valence-corrected chi connectivity index (χ3v) is 2.89. The van der Waals surface area contributed by atoms with E-state index in [-0.39, 0.29) is 6.04 Å². The first-order valence-corrected chi connectivity index (χ1v) is 5.67. The molecule has 0 aliphatic heterocycles. The zero-order valence-corrected chi connectivity index (χ0v) is 10.4. The lowest BCUT2D eigenvalue weighted by Gasteiger charge is -2.10. The summed E-state index contributed by atoms with van der Waals surface area (Å²) in [6.07, 6.45) is 4.22. The van der Waals surface area contributed by atoms with Crippen LogP contribution in [0.5, 0.6) is 0 Å². The Balaban J connectivity index is 2.14. The molecule has 84 valence electrons. The molecule has 2 aromatic rings. The van der Waals surface area contributed by atoms with Crippen LogP contribution in [-0.2, 0) is 13.5 Å². The molecule has 0 aliphatic carbocycles. The van der Waals surface area contributed by atoms with Crippen LogP contribution in [0.4, 0.5) is 0 Å². The molecule has 1 atom stereocenters. The first-order chi connectivity index (χ1) is 7.66. The van der Waals surface area contributed by atoms with Gasteiger partial charge in [0.25, 0.3) is 0 Å². The van der Waals surface area contributed by atoms with Crippen LogP contribution in [0.25, 0.3) is 0 Å². The van der Waals surface area contributed by atoms with Crippen molar-refractivity contribution in [2.24, 2.45) is 12.8 Å². The normalized spacial score (nSPS) is 12.7. The Hall–Kier alpha value is -1.27. The van der Waals surface area contributed by atoms with Crippen molar-refractivity contribution in [1.82, 2.24) is 20.0 Å². The summed E-state index contributed by atoms with van der Waals surface area (Å²) in [6, 6.07) is 3.62. The number of hydrogen-bond acceptors (Lipinski definition) is 4. The highest BCUT2D eigenvalue weighted by atomic mass is 79.9. The standard InChI is InChI=1S/C10H12BrN5/c1-16-6-7(14-15-16)5-9(12)10-8(11)3-2-4-13-10/h2-4,6,9H,5,12H2,1H3. The second-order valence-electron chi connectivity index (χ2n) is 3.56. The second kappa shape index (κ2) is 4.71. The minimum absolute atomic E-state index is 0.174. The van der Waals surface area contributed by atoms with E-state index in [9.17, 15) is 0 Å². The molecule has 6 heteroatoms. The number of nitrogens with two attached hydrogens (primary N) is 1. The van der Waals surface area contributed by atoms with E-state index in [1.807, 2.05) is 25.4 Å². The molecule has 2 N–H and O–H groups in total. The van der Waals surface area contributed by atoms with Gasteiger partial charge in [0.15, 0.2) is 0 Å². The van der Waals surface area contributed by atoms with E-state index in [1.54, 1.807) is 10.9 Å². The molecule has 0 saturated carbocycles. The zero-order chi connectivity index (χ0) is 11.5. The van der Waals surface area contributed by atoms with E-state index in [1.165, 1.54) is 0 Å². The summed E-state index contributed by atoms with van der Waals surface area (Å²) in [5, 5.41) is 7.87. The average molecular weight is 282 g/mol. The molecular weight excluding hydrogens is 270 g/mol.